The Morgan fingerprint density at radius 1 is 0.458 bits per heavy atom. The van der Waals surface area contributed by atoms with Gasteiger partial charge < -0.3 is 23.3 Å². The van der Waals surface area contributed by atoms with Gasteiger partial charge in [0.05, 0.1) is 12.2 Å². The second-order valence-corrected chi connectivity index (χ2v) is 7.91. The van der Waals surface area contributed by atoms with Gasteiger partial charge in [-0.3, -0.25) is 0 Å². The molecule has 2 nitrogen and oxygen atoms in total. The Kier molecular flexibility index (Phi) is 14.8. The van der Waals surface area contributed by atoms with Crippen molar-refractivity contribution in [1.82, 2.24) is 0 Å². The molecule has 10 atom stereocenters. The Morgan fingerprint density at radius 2 is 0.708 bits per heavy atom. The molecule has 2 rings (SSSR count). The summed E-state index contributed by atoms with van der Waals surface area (Å²) in [5.41, 5.74) is 0. The molecule has 2 saturated heterocycles. The van der Waals surface area contributed by atoms with E-state index in [4.69, 9.17) is 9.47 Å². The van der Waals surface area contributed by atoms with Crippen LogP contribution in [0.3, 0.4) is 0 Å². The zero-order valence-corrected chi connectivity index (χ0v) is 22.8. The summed E-state index contributed by atoms with van der Waals surface area (Å²) in [6.07, 6.45) is 1.14. The zero-order valence-electron chi connectivity index (χ0n) is 17.2. The summed E-state index contributed by atoms with van der Waals surface area (Å²) in [5, 5.41) is 0. The molecule has 2 radical (unpaired) electrons. The van der Waals surface area contributed by atoms with E-state index in [9.17, 15) is 0 Å². The molecule has 0 aromatic carbocycles. The fourth-order valence-electron chi connectivity index (χ4n) is 3.54. The largest absolute Gasteiger partial charge is 0.407 e. The molecule has 0 aliphatic carbocycles. The van der Waals surface area contributed by atoms with Gasteiger partial charge in [0.25, 0.3) is 0 Å². The Morgan fingerprint density at radius 3 is 0.958 bits per heavy atom. The van der Waals surface area contributed by atoms with Crippen molar-refractivity contribution in [1.29, 1.82) is 0 Å². The maximum Gasteiger partial charge on any atom is 0.0543 e. The molecule has 2 aliphatic heterocycles. The van der Waals surface area contributed by atoms with Crippen LogP contribution in [-0.4, -0.2) is 24.4 Å². The Labute approximate surface area is 202 Å². The molecule has 2 aliphatic rings. The predicted octanol–water partition coefficient (Wildman–Crippen LogP) is 5.03. The van der Waals surface area contributed by atoms with Crippen LogP contribution in [0.1, 0.15) is 55.4 Å². The number of rotatable bonds is 0. The summed E-state index contributed by atoms with van der Waals surface area (Å²) in [7, 11) is 0. The number of hydrogen-bond acceptors (Lipinski definition) is 2. The average molecular weight is 488 g/mol. The van der Waals surface area contributed by atoms with E-state index in [2.05, 4.69) is 69.2 Å². The van der Waals surface area contributed by atoms with Crippen LogP contribution in [-0.2, 0) is 74.9 Å². The van der Waals surface area contributed by atoms with Crippen molar-refractivity contribution in [3.63, 3.8) is 0 Å². The van der Waals surface area contributed by atoms with E-state index in [0.29, 0.717) is 35.9 Å². The van der Waals surface area contributed by atoms with Gasteiger partial charge in [0.15, 0.2) is 0 Å². The van der Waals surface area contributed by atoms with Crippen LogP contribution in [0.5, 0.6) is 0 Å². The minimum atomic E-state index is 0. The molecule has 0 amide bonds. The minimum Gasteiger partial charge on any atom is -0.407 e. The van der Waals surface area contributed by atoms with Crippen molar-refractivity contribution in [2.24, 2.45) is 35.5 Å². The Balaban J connectivity index is 0. The van der Waals surface area contributed by atoms with Crippen molar-refractivity contribution in [3.8, 4) is 0 Å². The maximum absolute atomic E-state index is 5.67. The van der Waals surface area contributed by atoms with Gasteiger partial charge in [0.2, 0.25) is 0 Å². The Bertz CT molecular complexity index is 280. The molecule has 2 heterocycles. The standard InChI is InChI=1S/2C10H19O.2Y/c2*1-6-7(2)9(4)11-10(5)8(6)3;;/h2*6-10H,4H2,1-3,5H3;;/q2*-1;;/t6-,7-,8+,9+,10+;6-,7-,8+,9+,10-;;/m00../s1. The summed E-state index contributed by atoms with van der Waals surface area (Å²) in [5.74, 6) is 4.01. The predicted molar refractivity (Wildman–Crippen MR) is 94.4 cm³/mol. The van der Waals surface area contributed by atoms with Gasteiger partial charge in [-0.2, -0.15) is 0 Å². The molecule has 0 aromatic rings. The SMILES string of the molecule is [CH2-][C@H]1O[C@@H](C)[C@H](C)[C@@H](C)[C@@H]1C.[CH2-][C@H]1O[C@H](C)[C@H](C)[C@@H](C)[C@@H]1C.[Y].[Y]. The van der Waals surface area contributed by atoms with Gasteiger partial charge in [-0.25, -0.2) is 0 Å². The molecule has 138 valence electrons. The molecule has 0 unspecified atom stereocenters. The maximum atomic E-state index is 5.67. The van der Waals surface area contributed by atoms with Crippen molar-refractivity contribution in [3.05, 3.63) is 13.8 Å². The van der Waals surface area contributed by atoms with Crippen LogP contribution in [0, 0.1) is 49.4 Å². The molecule has 0 aromatic heterocycles. The fraction of sp³-hybridized carbons (Fsp3) is 0.900. The molecule has 0 saturated carbocycles. The second-order valence-electron chi connectivity index (χ2n) is 7.91. The first-order valence-corrected chi connectivity index (χ1v) is 9.04. The topological polar surface area (TPSA) is 18.5 Å². The minimum absolute atomic E-state index is 0. The van der Waals surface area contributed by atoms with Gasteiger partial charge in [-0.1, -0.05) is 53.8 Å². The van der Waals surface area contributed by atoms with Crippen LogP contribution in [0.15, 0.2) is 0 Å². The van der Waals surface area contributed by atoms with Crippen molar-refractivity contribution < 1.29 is 74.9 Å². The Hall–Kier alpha value is 2.13. The van der Waals surface area contributed by atoms with Crippen molar-refractivity contribution >= 4 is 0 Å². The summed E-state index contributed by atoms with van der Waals surface area (Å²) < 4.78 is 11.3. The van der Waals surface area contributed by atoms with Gasteiger partial charge in [0, 0.05) is 65.4 Å². The molecule has 0 N–H and O–H groups in total. The molecule has 2 fully saturated rings. The van der Waals surface area contributed by atoms with Crippen molar-refractivity contribution in [2.75, 3.05) is 0 Å². The second kappa shape index (κ2) is 12.6. The molecule has 24 heavy (non-hydrogen) atoms. The first kappa shape index (κ1) is 28.3. The first-order chi connectivity index (χ1) is 10.1. The van der Waals surface area contributed by atoms with Crippen LogP contribution in [0.2, 0.25) is 0 Å². The summed E-state index contributed by atoms with van der Waals surface area (Å²) in [6, 6.07) is 0. The van der Waals surface area contributed by atoms with Gasteiger partial charge in [0.1, 0.15) is 0 Å². The van der Waals surface area contributed by atoms with Crippen LogP contribution < -0.4 is 0 Å². The van der Waals surface area contributed by atoms with E-state index >= 15 is 0 Å². The molecule has 0 bridgehead atoms. The molecular formula is C20H38O2Y2-2. The zero-order chi connectivity index (χ0) is 17.2. The average Bonchev–Trinajstić information content (AvgIpc) is 2.47. The van der Waals surface area contributed by atoms with Gasteiger partial charge >= 0.3 is 0 Å². The third kappa shape index (κ3) is 7.27. The van der Waals surface area contributed by atoms with E-state index in [1.165, 1.54) is 0 Å². The summed E-state index contributed by atoms with van der Waals surface area (Å²) in [6.45, 7) is 25.8. The van der Waals surface area contributed by atoms with E-state index in [1.54, 1.807) is 0 Å². The third-order valence-electron chi connectivity index (χ3n) is 6.75. The number of hydrogen-bond donors (Lipinski definition) is 0. The monoisotopic (exact) mass is 488 g/mol. The quantitative estimate of drug-likeness (QED) is 0.446. The normalized spacial score (nSPS) is 48.2. The molecule has 0 spiro atoms. The number of ether oxygens (including phenoxy) is 2. The fourth-order valence-corrected chi connectivity index (χ4v) is 3.54. The molecule has 4 heteroatoms. The van der Waals surface area contributed by atoms with E-state index in [1.807, 2.05) is 0 Å². The molecular weight excluding hydrogens is 450 g/mol. The summed E-state index contributed by atoms with van der Waals surface area (Å²) >= 11 is 0. The van der Waals surface area contributed by atoms with E-state index in [-0.39, 0.29) is 77.6 Å². The van der Waals surface area contributed by atoms with Gasteiger partial charge in [-0.05, 0) is 49.4 Å². The van der Waals surface area contributed by atoms with Crippen LogP contribution >= 0.6 is 0 Å². The summed E-state index contributed by atoms with van der Waals surface area (Å²) in [4.78, 5) is 0. The first-order valence-electron chi connectivity index (χ1n) is 9.04. The van der Waals surface area contributed by atoms with Gasteiger partial charge in [-0.15, -0.1) is 0 Å². The van der Waals surface area contributed by atoms with E-state index in [0.717, 1.165) is 11.8 Å². The van der Waals surface area contributed by atoms with Crippen LogP contribution in [0.4, 0.5) is 0 Å². The van der Waals surface area contributed by atoms with Crippen molar-refractivity contribution in [2.45, 2.75) is 79.8 Å². The third-order valence-corrected chi connectivity index (χ3v) is 6.75. The smallest absolute Gasteiger partial charge is 0.0543 e. The van der Waals surface area contributed by atoms with Crippen LogP contribution in [0.25, 0.3) is 0 Å². The van der Waals surface area contributed by atoms with E-state index < -0.39 is 0 Å².